The van der Waals surface area contributed by atoms with E-state index in [0.717, 1.165) is 25.8 Å². The standard InChI is InChI=1S/C16H25N3O3S/c1-18(2)13-10-17-16(20)14-6-8-15(9-7-14)23(21,22)19-11-4-3-5-12-19/h6-9H,3-5,10-13H2,1-2H3,(H,17,20). The largest absolute Gasteiger partial charge is 0.351 e. The number of likely N-dealkylation sites (N-methyl/N-ethyl adjacent to an activating group) is 1. The molecule has 1 saturated heterocycles. The summed E-state index contributed by atoms with van der Waals surface area (Å²) >= 11 is 0. The molecule has 128 valence electrons. The molecular formula is C16H25N3O3S. The van der Waals surface area contributed by atoms with Crippen molar-refractivity contribution >= 4 is 15.9 Å². The van der Waals surface area contributed by atoms with Gasteiger partial charge in [0.25, 0.3) is 5.91 Å². The Morgan fingerprint density at radius 1 is 1.13 bits per heavy atom. The first kappa shape index (κ1) is 17.9. The lowest BCUT2D eigenvalue weighted by atomic mass is 10.2. The molecule has 0 spiro atoms. The molecule has 1 aliphatic rings. The van der Waals surface area contributed by atoms with E-state index in [-0.39, 0.29) is 10.8 Å². The summed E-state index contributed by atoms with van der Waals surface area (Å²) < 4.78 is 26.6. The van der Waals surface area contributed by atoms with Crippen molar-refractivity contribution in [1.29, 1.82) is 0 Å². The summed E-state index contributed by atoms with van der Waals surface area (Å²) in [6, 6.07) is 6.18. The smallest absolute Gasteiger partial charge is 0.251 e. The van der Waals surface area contributed by atoms with E-state index in [1.165, 1.54) is 16.4 Å². The summed E-state index contributed by atoms with van der Waals surface area (Å²) in [5.74, 6) is -0.186. The minimum absolute atomic E-state index is 0.186. The molecule has 0 saturated carbocycles. The third kappa shape index (κ3) is 4.76. The predicted octanol–water partition coefficient (Wildman–Crippen LogP) is 1.15. The number of carbonyl (C=O) groups is 1. The average Bonchev–Trinajstić information content (AvgIpc) is 2.55. The molecule has 6 nitrogen and oxygen atoms in total. The molecule has 1 N–H and O–H groups in total. The maximum absolute atomic E-state index is 12.5. The van der Waals surface area contributed by atoms with Crippen LogP contribution in [-0.4, -0.2) is 63.8 Å². The summed E-state index contributed by atoms with van der Waals surface area (Å²) in [6.07, 6.45) is 2.90. The second kappa shape index (κ2) is 7.90. The number of rotatable bonds is 6. The molecule has 1 aromatic rings. The fourth-order valence-electron chi connectivity index (χ4n) is 2.53. The van der Waals surface area contributed by atoms with E-state index in [0.29, 0.717) is 25.2 Å². The van der Waals surface area contributed by atoms with E-state index in [4.69, 9.17) is 0 Å². The SMILES string of the molecule is CN(C)CCNC(=O)c1ccc(S(=O)(=O)N2CCCCC2)cc1. The molecule has 0 atom stereocenters. The van der Waals surface area contributed by atoms with Crippen LogP contribution in [0.25, 0.3) is 0 Å². The van der Waals surface area contributed by atoms with Gasteiger partial charge in [0.1, 0.15) is 0 Å². The predicted molar refractivity (Wildman–Crippen MR) is 89.9 cm³/mol. The van der Waals surface area contributed by atoms with Crippen LogP contribution >= 0.6 is 0 Å². The lowest BCUT2D eigenvalue weighted by molar-refractivity contribution is 0.0951. The highest BCUT2D eigenvalue weighted by molar-refractivity contribution is 7.89. The van der Waals surface area contributed by atoms with E-state index < -0.39 is 10.0 Å². The van der Waals surface area contributed by atoms with Crippen molar-refractivity contribution in [2.24, 2.45) is 0 Å². The molecule has 1 heterocycles. The fourth-order valence-corrected chi connectivity index (χ4v) is 4.04. The molecule has 1 amide bonds. The highest BCUT2D eigenvalue weighted by Gasteiger charge is 2.25. The lowest BCUT2D eigenvalue weighted by Gasteiger charge is -2.25. The molecule has 1 aliphatic heterocycles. The van der Waals surface area contributed by atoms with Crippen LogP contribution in [0, 0.1) is 0 Å². The maximum Gasteiger partial charge on any atom is 0.251 e. The average molecular weight is 339 g/mol. The second-order valence-electron chi connectivity index (χ2n) is 6.05. The van der Waals surface area contributed by atoms with Gasteiger partial charge in [-0.05, 0) is 51.2 Å². The molecule has 0 bridgehead atoms. The Balaban J connectivity index is 2.02. The molecule has 0 unspecified atom stereocenters. The third-order valence-corrected chi connectivity index (χ3v) is 5.83. The molecule has 0 aliphatic carbocycles. The van der Waals surface area contributed by atoms with Crippen LogP contribution < -0.4 is 5.32 Å². The number of amides is 1. The molecule has 7 heteroatoms. The Kier molecular flexibility index (Phi) is 6.15. The highest BCUT2D eigenvalue weighted by Crippen LogP contribution is 2.20. The molecule has 0 radical (unpaired) electrons. The van der Waals surface area contributed by atoms with Gasteiger partial charge < -0.3 is 10.2 Å². The Morgan fingerprint density at radius 2 is 1.74 bits per heavy atom. The summed E-state index contributed by atoms with van der Waals surface area (Å²) in [4.78, 5) is 14.2. The first-order valence-corrected chi connectivity index (χ1v) is 9.38. The topological polar surface area (TPSA) is 69.7 Å². The molecule has 0 aromatic heterocycles. The first-order valence-electron chi connectivity index (χ1n) is 7.94. The van der Waals surface area contributed by atoms with E-state index in [1.54, 1.807) is 12.1 Å². The quantitative estimate of drug-likeness (QED) is 0.844. The lowest BCUT2D eigenvalue weighted by Crippen LogP contribution is -2.35. The number of benzene rings is 1. The number of sulfonamides is 1. The zero-order valence-corrected chi connectivity index (χ0v) is 14.6. The van der Waals surface area contributed by atoms with Gasteiger partial charge >= 0.3 is 0 Å². The third-order valence-electron chi connectivity index (χ3n) is 3.91. The maximum atomic E-state index is 12.5. The number of hydrogen-bond donors (Lipinski definition) is 1. The van der Waals surface area contributed by atoms with Crippen molar-refractivity contribution in [2.45, 2.75) is 24.2 Å². The van der Waals surface area contributed by atoms with Crippen LogP contribution in [-0.2, 0) is 10.0 Å². The number of nitrogens with zero attached hydrogens (tertiary/aromatic N) is 2. The van der Waals surface area contributed by atoms with Crippen molar-refractivity contribution in [2.75, 3.05) is 40.3 Å². The zero-order chi connectivity index (χ0) is 16.9. The summed E-state index contributed by atoms with van der Waals surface area (Å²) in [6.45, 7) is 2.47. The van der Waals surface area contributed by atoms with Crippen molar-refractivity contribution in [1.82, 2.24) is 14.5 Å². The van der Waals surface area contributed by atoms with Crippen molar-refractivity contribution in [3.8, 4) is 0 Å². The van der Waals surface area contributed by atoms with Crippen LogP contribution in [0.4, 0.5) is 0 Å². The van der Waals surface area contributed by atoms with E-state index in [1.807, 2.05) is 19.0 Å². The monoisotopic (exact) mass is 339 g/mol. The van der Waals surface area contributed by atoms with Gasteiger partial charge in [-0.3, -0.25) is 4.79 Å². The van der Waals surface area contributed by atoms with E-state index >= 15 is 0 Å². The molecule has 23 heavy (non-hydrogen) atoms. The van der Waals surface area contributed by atoms with Crippen LogP contribution in [0.1, 0.15) is 29.6 Å². The van der Waals surface area contributed by atoms with Gasteiger partial charge in [0.15, 0.2) is 0 Å². The van der Waals surface area contributed by atoms with E-state index in [9.17, 15) is 13.2 Å². The minimum atomic E-state index is -3.44. The van der Waals surface area contributed by atoms with Gasteiger partial charge in [-0.25, -0.2) is 8.42 Å². The first-order chi connectivity index (χ1) is 10.9. The van der Waals surface area contributed by atoms with Gasteiger partial charge in [-0.15, -0.1) is 0 Å². The molecule has 1 aromatic carbocycles. The van der Waals surface area contributed by atoms with E-state index in [2.05, 4.69) is 5.32 Å². The number of hydrogen-bond acceptors (Lipinski definition) is 4. The van der Waals surface area contributed by atoms with Crippen LogP contribution in [0.3, 0.4) is 0 Å². The second-order valence-corrected chi connectivity index (χ2v) is 7.99. The fraction of sp³-hybridized carbons (Fsp3) is 0.562. The summed E-state index contributed by atoms with van der Waals surface area (Å²) in [7, 11) is 0.436. The number of nitrogens with one attached hydrogen (secondary N) is 1. The Bertz CT molecular complexity index is 620. The Labute approximate surface area is 138 Å². The number of piperidine rings is 1. The Hall–Kier alpha value is -1.44. The zero-order valence-electron chi connectivity index (χ0n) is 13.8. The molecular weight excluding hydrogens is 314 g/mol. The van der Waals surface area contributed by atoms with Crippen LogP contribution in [0.2, 0.25) is 0 Å². The van der Waals surface area contributed by atoms with Crippen molar-refractivity contribution in [3.63, 3.8) is 0 Å². The van der Waals surface area contributed by atoms with Gasteiger partial charge in [-0.1, -0.05) is 6.42 Å². The van der Waals surface area contributed by atoms with Gasteiger partial charge in [0.2, 0.25) is 10.0 Å². The molecule has 1 fully saturated rings. The van der Waals surface area contributed by atoms with Gasteiger partial charge in [-0.2, -0.15) is 4.31 Å². The van der Waals surface area contributed by atoms with Crippen LogP contribution in [0.15, 0.2) is 29.2 Å². The van der Waals surface area contributed by atoms with Crippen LogP contribution in [0.5, 0.6) is 0 Å². The van der Waals surface area contributed by atoms with Crippen molar-refractivity contribution < 1.29 is 13.2 Å². The minimum Gasteiger partial charge on any atom is -0.351 e. The van der Waals surface area contributed by atoms with Gasteiger partial charge in [0.05, 0.1) is 4.90 Å². The summed E-state index contributed by atoms with van der Waals surface area (Å²) in [5, 5.41) is 2.81. The Morgan fingerprint density at radius 3 is 2.30 bits per heavy atom. The number of carbonyl (C=O) groups excluding carboxylic acids is 1. The van der Waals surface area contributed by atoms with Gasteiger partial charge in [0, 0.05) is 31.7 Å². The normalized spacial score (nSPS) is 16.5. The summed E-state index contributed by atoms with van der Waals surface area (Å²) in [5.41, 5.74) is 0.473. The highest BCUT2D eigenvalue weighted by atomic mass is 32.2. The van der Waals surface area contributed by atoms with Crippen molar-refractivity contribution in [3.05, 3.63) is 29.8 Å². The molecule has 2 rings (SSSR count).